The molecule has 0 spiro atoms. The molecule has 1 amide bonds. The maximum atomic E-state index is 13.2. The highest BCUT2D eigenvalue weighted by molar-refractivity contribution is 5.91. The maximum Gasteiger partial charge on any atom is 0.293 e. The van der Waals surface area contributed by atoms with E-state index in [1.807, 2.05) is 26.8 Å². The molecule has 0 atom stereocenters. The minimum atomic E-state index is -0.413. The summed E-state index contributed by atoms with van der Waals surface area (Å²) in [5, 5.41) is 6.57. The lowest BCUT2D eigenvalue weighted by Crippen LogP contribution is -2.41. The number of nitrogens with one attached hydrogen (secondary N) is 1. The van der Waals surface area contributed by atoms with Crippen LogP contribution in [0.3, 0.4) is 0 Å². The SMILES string of the molecule is CC(C)(C)NC(=O)c1noc(-c2cnc3c(c2)N(Cc2ccc(F)cc2)CCO3)n1. The Hall–Kier alpha value is -3.49. The first-order valence-electron chi connectivity index (χ1n) is 9.57. The smallest absolute Gasteiger partial charge is 0.293 e. The van der Waals surface area contributed by atoms with Gasteiger partial charge in [-0.25, -0.2) is 9.37 Å². The van der Waals surface area contributed by atoms with Gasteiger partial charge in [-0.3, -0.25) is 4.79 Å². The van der Waals surface area contributed by atoms with Crippen LogP contribution in [0.1, 0.15) is 37.0 Å². The Kier molecular flexibility index (Phi) is 5.11. The number of hydrogen-bond donors (Lipinski definition) is 1. The van der Waals surface area contributed by atoms with Crippen LogP contribution in [0.25, 0.3) is 11.5 Å². The van der Waals surface area contributed by atoms with E-state index in [4.69, 9.17) is 9.26 Å². The standard InChI is InChI=1S/C21H22FN5O3/c1-21(2,3)25-18(28)17-24-19(30-26-17)14-10-16-20(23-11-14)29-9-8-27(16)12-13-4-6-15(22)7-5-13/h4-7,10-11H,8-9,12H2,1-3H3,(H,25,28). The molecule has 0 bridgehead atoms. The van der Waals surface area contributed by atoms with E-state index in [1.54, 1.807) is 18.3 Å². The van der Waals surface area contributed by atoms with Gasteiger partial charge in [-0.05, 0) is 44.5 Å². The van der Waals surface area contributed by atoms with Crippen molar-refractivity contribution >= 4 is 11.6 Å². The second-order valence-electron chi connectivity index (χ2n) is 8.07. The molecule has 4 rings (SSSR count). The highest BCUT2D eigenvalue weighted by Crippen LogP contribution is 2.34. The van der Waals surface area contributed by atoms with Gasteiger partial charge >= 0.3 is 0 Å². The monoisotopic (exact) mass is 411 g/mol. The minimum Gasteiger partial charge on any atom is -0.474 e. The van der Waals surface area contributed by atoms with Crippen LogP contribution in [0.2, 0.25) is 0 Å². The summed E-state index contributed by atoms with van der Waals surface area (Å²) in [6.45, 7) is 7.33. The van der Waals surface area contributed by atoms with Crippen molar-refractivity contribution in [1.82, 2.24) is 20.4 Å². The van der Waals surface area contributed by atoms with Gasteiger partial charge in [-0.15, -0.1) is 0 Å². The molecule has 3 heterocycles. The first-order chi connectivity index (χ1) is 14.3. The van der Waals surface area contributed by atoms with E-state index in [-0.39, 0.29) is 17.5 Å². The zero-order valence-electron chi connectivity index (χ0n) is 17.0. The highest BCUT2D eigenvalue weighted by atomic mass is 19.1. The molecule has 0 saturated heterocycles. The Labute approximate surface area is 173 Å². The average molecular weight is 411 g/mol. The lowest BCUT2D eigenvalue weighted by atomic mass is 10.1. The van der Waals surface area contributed by atoms with Crippen molar-refractivity contribution in [1.29, 1.82) is 0 Å². The van der Waals surface area contributed by atoms with E-state index >= 15 is 0 Å². The zero-order valence-corrected chi connectivity index (χ0v) is 17.0. The Balaban J connectivity index is 1.58. The number of halogens is 1. The van der Waals surface area contributed by atoms with Gasteiger partial charge < -0.3 is 19.5 Å². The summed E-state index contributed by atoms with van der Waals surface area (Å²) >= 11 is 0. The number of carbonyl (C=O) groups excluding carboxylic acids is 1. The van der Waals surface area contributed by atoms with E-state index in [1.165, 1.54) is 12.1 Å². The summed E-state index contributed by atoms with van der Waals surface area (Å²) in [6, 6.07) is 8.21. The number of anilines is 1. The third kappa shape index (κ3) is 4.40. The summed E-state index contributed by atoms with van der Waals surface area (Å²) in [4.78, 5) is 22.9. The van der Waals surface area contributed by atoms with Crippen molar-refractivity contribution in [3.63, 3.8) is 0 Å². The second kappa shape index (κ2) is 7.74. The third-order valence-corrected chi connectivity index (χ3v) is 4.42. The molecule has 1 aromatic carbocycles. The molecule has 0 saturated carbocycles. The van der Waals surface area contributed by atoms with Crippen LogP contribution >= 0.6 is 0 Å². The quantitative estimate of drug-likeness (QED) is 0.705. The fraction of sp³-hybridized carbons (Fsp3) is 0.333. The van der Waals surface area contributed by atoms with Crippen LogP contribution < -0.4 is 15.0 Å². The number of benzene rings is 1. The summed E-state index contributed by atoms with van der Waals surface area (Å²) in [6.07, 6.45) is 1.57. The Bertz CT molecular complexity index is 1060. The average Bonchev–Trinajstić information content (AvgIpc) is 3.19. The number of fused-ring (bicyclic) bond motifs is 1. The molecule has 30 heavy (non-hydrogen) atoms. The van der Waals surface area contributed by atoms with Crippen molar-refractivity contribution in [3.8, 4) is 17.3 Å². The van der Waals surface area contributed by atoms with Crippen LogP contribution in [-0.4, -0.2) is 39.7 Å². The lowest BCUT2D eigenvalue weighted by molar-refractivity contribution is 0.0906. The summed E-state index contributed by atoms with van der Waals surface area (Å²) in [5.41, 5.74) is 1.89. The largest absolute Gasteiger partial charge is 0.474 e. The number of hydrogen-bond acceptors (Lipinski definition) is 7. The number of carbonyl (C=O) groups is 1. The Morgan fingerprint density at radius 1 is 1.27 bits per heavy atom. The van der Waals surface area contributed by atoms with Gasteiger partial charge in [0.05, 0.1) is 12.1 Å². The molecule has 0 fully saturated rings. The molecule has 1 aliphatic heterocycles. The molecular formula is C21H22FN5O3. The molecule has 9 heteroatoms. The number of nitrogens with zero attached hydrogens (tertiary/aromatic N) is 4. The van der Waals surface area contributed by atoms with Crippen LogP contribution in [0.5, 0.6) is 5.88 Å². The molecule has 0 aliphatic carbocycles. The van der Waals surface area contributed by atoms with Crippen molar-refractivity contribution in [2.45, 2.75) is 32.9 Å². The molecular weight excluding hydrogens is 389 g/mol. The van der Waals surface area contributed by atoms with Crippen LogP contribution in [0, 0.1) is 5.82 Å². The van der Waals surface area contributed by atoms with Crippen molar-refractivity contribution in [2.24, 2.45) is 0 Å². The molecule has 0 unspecified atom stereocenters. The predicted molar refractivity (Wildman–Crippen MR) is 108 cm³/mol. The van der Waals surface area contributed by atoms with E-state index in [0.29, 0.717) is 31.1 Å². The van der Waals surface area contributed by atoms with Crippen molar-refractivity contribution in [2.75, 3.05) is 18.1 Å². The number of pyridine rings is 1. The van der Waals surface area contributed by atoms with Crippen LogP contribution in [0.4, 0.5) is 10.1 Å². The number of rotatable bonds is 4. The van der Waals surface area contributed by atoms with Crippen molar-refractivity contribution < 1.29 is 18.4 Å². The number of aromatic nitrogens is 3. The molecule has 1 aliphatic rings. The normalized spacial score (nSPS) is 13.5. The molecule has 1 N–H and O–H groups in total. The molecule has 0 radical (unpaired) electrons. The van der Waals surface area contributed by atoms with E-state index in [9.17, 15) is 9.18 Å². The Morgan fingerprint density at radius 2 is 2.03 bits per heavy atom. The van der Waals surface area contributed by atoms with Crippen LogP contribution in [0.15, 0.2) is 41.1 Å². The van der Waals surface area contributed by atoms with Gasteiger partial charge in [-0.2, -0.15) is 4.98 Å². The molecule has 8 nitrogen and oxygen atoms in total. The molecule has 156 valence electrons. The van der Waals surface area contributed by atoms with Gasteiger partial charge in [0.25, 0.3) is 17.6 Å². The van der Waals surface area contributed by atoms with E-state index in [2.05, 4.69) is 25.3 Å². The van der Waals surface area contributed by atoms with Gasteiger partial charge in [0.15, 0.2) is 0 Å². The molecule has 3 aromatic rings. The zero-order chi connectivity index (χ0) is 21.3. The van der Waals surface area contributed by atoms with Gasteiger partial charge in [0, 0.05) is 18.3 Å². The lowest BCUT2D eigenvalue weighted by Gasteiger charge is -2.30. The second-order valence-corrected chi connectivity index (χ2v) is 8.07. The van der Waals surface area contributed by atoms with Gasteiger partial charge in [-0.1, -0.05) is 17.3 Å². The fourth-order valence-corrected chi connectivity index (χ4v) is 3.07. The van der Waals surface area contributed by atoms with Gasteiger partial charge in [0.1, 0.15) is 18.1 Å². The third-order valence-electron chi connectivity index (χ3n) is 4.42. The van der Waals surface area contributed by atoms with Crippen LogP contribution in [-0.2, 0) is 6.54 Å². The maximum absolute atomic E-state index is 13.2. The first-order valence-corrected chi connectivity index (χ1v) is 9.57. The minimum absolute atomic E-state index is 0.0444. The van der Waals surface area contributed by atoms with E-state index in [0.717, 1.165) is 11.3 Å². The van der Waals surface area contributed by atoms with Crippen molar-refractivity contribution in [3.05, 3.63) is 53.7 Å². The highest BCUT2D eigenvalue weighted by Gasteiger charge is 2.24. The predicted octanol–water partition coefficient (Wildman–Crippen LogP) is 3.20. The summed E-state index contributed by atoms with van der Waals surface area (Å²) in [5.74, 6) is -0.0384. The summed E-state index contributed by atoms with van der Waals surface area (Å²) in [7, 11) is 0. The topological polar surface area (TPSA) is 93.4 Å². The Morgan fingerprint density at radius 3 is 2.77 bits per heavy atom. The number of ether oxygens (including phenoxy) is 1. The van der Waals surface area contributed by atoms with E-state index < -0.39 is 11.4 Å². The summed E-state index contributed by atoms with van der Waals surface area (Å²) < 4.78 is 24.1. The molecule has 2 aromatic heterocycles. The number of amides is 1. The first kappa shape index (κ1) is 19.8. The van der Waals surface area contributed by atoms with Gasteiger partial charge in [0.2, 0.25) is 5.88 Å². The fourth-order valence-electron chi connectivity index (χ4n) is 3.07.